The minimum atomic E-state index is -4.72. The van der Waals surface area contributed by atoms with E-state index in [0.717, 1.165) is 5.06 Å². The Hall–Kier alpha value is -3.67. The molecule has 0 aliphatic carbocycles. The van der Waals surface area contributed by atoms with Gasteiger partial charge < -0.3 is 14.0 Å². The molecule has 1 aromatic carbocycles. The average molecular weight is 438 g/mol. The Balaban J connectivity index is 1.60. The van der Waals surface area contributed by atoms with Gasteiger partial charge in [0.1, 0.15) is 12.4 Å². The molecule has 0 atom stereocenters. The number of aromatic nitrogens is 3. The zero-order valence-electron chi connectivity index (χ0n) is 16.4. The maximum atomic E-state index is 12.6. The molecule has 0 unspecified atom stereocenters. The Bertz CT molecular complexity index is 1020. The van der Waals surface area contributed by atoms with Crippen molar-refractivity contribution in [1.29, 1.82) is 0 Å². The van der Waals surface area contributed by atoms with Crippen molar-refractivity contribution in [3.63, 3.8) is 0 Å². The fraction of sp³-hybridized carbons (Fsp3) is 0.263. The second-order valence-corrected chi connectivity index (χ2v) is 6.12. The summed E-state index contributed by atoms with van der Waals surface area (Å²) in [6, 6.07) is 7.86. The summed E-state index contributed by atoms with van der Waals surface area (Å²) in [4.78, 5) is 24.6. The van der Waals surface area contributed by atoms with E-state index in [4.69, 9.17) is 14.3 Å². The fourth-order valence-electron chi connectivity index (χ4n) is 2.46. The number of carbonyl (C=O) groups excluding carboxylic acids is 1. The highest BCUT2D eigenvalue weighted by Crippen LogP contribution is 2.29. The SMILES string of the molecule is COc1cncc(COC(=O)N(Cc2ccc(-c3noc(C(F)(F)F)n3)cc2)OC)c1. The molecule has 9 nitrogen and oxygen atoms in total. The van der Waals surface area contributed by atoms with Gasteiger partial charge in [-0.2, -0.15) is 23.2 Å². The lowest BCUT2D eigenvalue weighted by Gasteiger charge is -2.19. The van der Waals surface area contributed by atoms with E-state index in [2.05, 4.69) is 19.6 Å². The summed E-state index contributed by atoms with van der Waals surface area (Å²) in [6.45, 7) is -0.00673. The number of ether oxygens (including phenoxy) is 2. The van der Waals surface area contributed by atoms with Crippen LogP contribution in [0.1, 0.15) is 17.0 Å². The Morgan fingerprint density at radius 2 is 1.87 bits per heavy atom. The van der Waals surface area contributed by atoms with E-state index in [1.165, 1.54) is 38.7 Å². The largest absolute Gasteiger partial charge is 0.495 e. The van der Waals surface area contributed by atoms with E-state index in [1.807, 2.05) is 0 Å². The standard InChI is InChI=1S/C19H17F3N4O5/c1-28-15-7-13(8-23-9-15)11-30-18(27)26(29-2)10-12-3-5-14(6-4-12)16-24-17(31-25-16)19(20,21)22/h3-9H,10-11H2,1-2H3. The zero-order valence-corrected chi connectivity index (χ0v) is 16.4. The minimum absolute atomic E-state index is 0.0337. The first-order valence-corrected chi connectivity index (χ1v) is 8.76. The van der Waals surface area contributed by atoms with Crippen molar-refractivity contribution in [2.75, 3.05) is 14.2 Å². The first-order chi connectivity index (χ1) is 14.8. The quantitative estimate of drug-likeness (QED) is 0.513. The normalized spacial score (nSPS) is 11.3. The lowest BCUT2D eigenvalue weighted by Crippen LogP contribution is -2.30. The number of methoxy groups -OCH3 is 1. The van der Waals surface area contributed by atoms with Crippen molar-refractivity contribution in [3.05, 3.63) is 59.7 Å². The molecule has 0 N–H and O–H groups in total. The molecule has 3 rings (SSSR count). The van der Waals surface area contributed by atoms with Gasteiger partial charge in [-0.3, -0.25) is 9.82 Å². The van der Waals surface area contributed by atoms with Gasteiger partial charge in [-0.1, -0.05) is 29.4 Å². The molecule has 2 heterocycles. The summed E-state index contributed by atoms with van der Waals surface area (Å²) in [6.07, 6.45) is -2.39. The topological polar surface area (TPSA) is 99.8 Å². The monoisotopic (exact) mass is 438 g/mol. The number of hydrogen-bond acceptors (Lipinski definition) is 8. The summed E-state index contributed by atoms with van der Waals surface area (Å²) in [5.74, 6) is -1.10. The Morgan fingerprint density at radius 3 is 2.48 bits per heavy atom. The van der Waals surface area contributed by atoms with Gasteiger partial charge in [0.25, 0.3) is 0 Å². The predicted octanol–water partition coefficient (Wildman–Crippen LogP) is 3.86. The van der Waals surface area contributed by atoms with Crippen LogP contribution in [0.2, 0.25) is 0 Å². The third-order valence-corrected chi connectivity index (χ3v) is 4.00. The van der Waals surface area contributed by atoms with Gasteiger partial charge in [-0.15, -0.1) is 0 Å². The van der Waals surface area contributed by atoms with Crippen LogP contribution in [0.3, 0.4) is 0 Å². The van der Waals surface area contributed by atoms with Crippen LogP contribution >= 0.6 is 0 Å². The van der Waals surface area contributed by atoms with Crippen LogP contribution in [0.4, 0.5) is 18.0 Å². The molecule has 0 spiro atoms. The van der Waals surface area contributed by atoms with E-state index < -0.39 is 18.2 Å². The van der Waals surface area contributed by atoms with Gasteiger partial charge in [-0.25, -0.2) is 4.79 Å². The molecule has 0 aliphatic heterocycles. The number of benzene rings is 1. The summed E-state index contributed by atoms with van der Waals surface area (Å²) in [5.41, 5.74) is 1.58. The molecule has 0 radical (unpaired) electrons. The second-order valence-electron chi connectivity index (χ2n) is 6.12. The maximum absolute atomic E-state index is 12.6. The number of nitrogens with zero attached hydrogens (tertiary/aromatic N) is 4. The molecule has 12 heteroatoms. The molecule has 2 aromatic heterocycles. The zero-order chi connectivity index (χ0) is 22.4. The third kappa shape index (κ3) is 5.69. The average Bonchev–Trinajstić information content (AvgIpc) is 3.27. The van der Waals surface area contributed by atoms with Crippen LogP contribution in [0.25, 0.3) is 11.4 Å². The summed E-state index contributed by atoms with van der Waals surface area (Å²) >= 11 is 0. The number of carbonyl (C=O) groups is 1. The number of rotatable bonds is 7. The molecule has 0 aliphatic rings. The highest BCUT2D eigenvalue weighted by molar-refractivity contribution is 5.66. The first-order valence-electron chi connectivity index (χ1n) is 8.76. The molecule has 31 heavy (non-hydrogen) atoms. The van der Waals surface area contributed by atoms with Gasteiger partial charge in [0, 0.05) is 17.3 Å². The lowest BCUT2D eigenvalue weighted by atomic mass is 10.1. The molecule has 0 saturated carbocycles. The number of amides is 1. The van der Waals surface area contributed by atoms with Crippen molar-refractivity contribution in [1.82, 2.24) is 20.2 Å². The number of halogens is 3. The predicted molar refractivity (Wildman–Crippen MR) is 98.3 cm³/mol. The van der Waals surface area contributed by atoms with Crippen molar-refractivity contribution < 1.29 is 36.8 Å². The first kappa shape index (κ1) is 22.0. The van der Waals surface area contributed by atoms with Crippen LogP contribution in [-0.2, 0) is 28.9 Å². The maximum Gasteiger partial charge on any atom is 0.471 e. The Kier molecular flexibility index (Phi) is 6.70. The summed E-state index contributed by atoms with van der Waals surface area (Å²) in [5, 5.41) is 4.31. The van der Waals surface area contributed by atoms with Gasteiger partial charge in [-0.05, 0) is 11.6 Å². The number of hydroxylamine groups is 2. The van der Waals surface area contributed by atoms with E-state index >= 15 is 0 Å². The second kappa shape index (κ2) is 9.43. The smallest absolute Gasteiger partial charge is 0.471 e. The summed E-state index contributed by atoms with van der Waals surface area (Å²) in [7, 11) is 2.80. The van der Waals surface area contributed by atoms with Crippen molar-refractivity contribution in [3.8, 4) is 17.1 Å². The van der Waals surface area contributed by atoms with Crippen LogP contribution in [0, 0.1) is 0 Å². The van der Waals surface area contributed by atoms with Crippen LogP contribution in [0.15, 0.2) is 47.2 Å². The molecule has 164 valence electrons. The van der Waals surface area contributed by atoms with Gasteiger partial charge in [0.15, 0.2) is 0 Å². The lowest BCUT2D eigenvalue weighted by molar-refractivity contribution is -0.159. The molecular formula is C19H17F3N4O5. The molecule has 0 bridgehead atoms. The Labute approximate surface area is 174 Å². The summed E-state index contributed by atoms with van der Waals surface area (Å²) < 4.78 is 52.2. The minimum Gasteiger partial charge on any atom is -0.495 e. The molecule has 1 amide bonds. The fourth-order valence-corrected chi connectivity index (χ4v) is 2.46. The number of hydrogen-bond donors (Lipinski definition) is 0. The van der Waals surface area contributed by atoms with Gasteiger partial charge >= 0.3 is 18.2 Å². The number of pyridine rings is 1. The van der Waals surface area contributed by atoms with Crippen LogP contribution in [-0.4, -0.2) is 40.5 Å². The van der Waals surface area contributed by atoms with Crippen molar-refractivity contribution in [2.24, 2.45) is 0 Å². The van der Waals surface area contributed by atoms with E-state index in [0.29, 0.717) is 22.4 Å². The highest BCUT2D eigenvalue weighted by Gasteiger charge is 2.38. The number of alkyl halides is 3. The van der Waals surface area contributed by atoms with E-state index in [-0.39, 0.29) is 19.0 Å². The van der Waals surface area contributed by atoms with Crippen LogP contribution < -0.4 is 4.74 Å². The van der Waals surface area contributed by atoms with Gasteiger partial charge in [0.05, 0.1) is 27.0 Å². The molecular weight excluding hydrogens is 421 g/mol. The molecule has 0 fully saturated rings. The van der Waals surface area contributed by atoms with Crippen molar-refractivity contribution in [2.45, 2.75) is 19.3 Å². The highest BCUT2D eigenvalue weighted by atomic mass is 19.4. The third-order valence-electron chi connectivity index (χ3n) is 4.00. The van der Waals surface area contributed by atoms with Crippen LogP contribution in [0.5, 0.6) is 5.75 Å². The molecule has 0 saturated heterocycles. The molecule has 3 aromatic rings. The van der Waals surface area contributed by atoms with Crippen molar-refractivity contribution >= 4 is 6.09 Å². The van der Waals surface area contributed by atoms with Gasteiger partial charge in [0.2, 0.25) is 5.82 Å². The Morgan fingerprint density at radius 1 is 1.13 bits per heavy atom. The van der Waals surface area contributed by atoms with E-state index in [9.17, 15) is 18.0 Å². The van der Waals surface area contributed by atoms with E-state index in [1.54, 1.807) is 18.2 Å².